The molecule has 0 aliphatic heterocycles. The first kappa shape index (κ1) is 21.8. The molecule has 0 N–H and O–H groups in total. The predicted molar refractivity (Wildman–Crippen MR) is 116 cm³/mol. The summed E-state index contributed by atoms with van der Waals surface area (Å²) in [6.07, 6.45) is 1.84. The lowest BCUT2D eigenvalue weighted by atomic mass is 10.1. The minimum Gasteiger partial charge on any atom is -0.494 e. The molecule has 7 heteroatoms. The minimum atomic E-state index is 0.0423. The average molecular weight is 428 g/mol. The van der Waals surface area contributed by atoms with Crippen LogP contribution in [0.25, 0.3) is 11.5 Å². The molecule has 158 valence electrons. The number of nitrogens with zero attached hydrogens (tertiary/aromatic N) is 3. The molecule has 0 spiro atoms. The van der Waals surface area contributed by atoms with Crippen molar-refractivity contribution in [3.05, 3.63) is 65.0 Å². The van der Waals surface area contributed by atoms with Crippen molar-refractivity contribution in [2.24, 2.45) is 0 Å². The summed E-state index contributed by atoms with van der Waals surface area (Å²) in [6, 6.07) is 15.1. The van der Waals surface area contributed by atoms with Crippen LogP contribution in [-0.4, -0.2) is 34.2 Å². The van der Waals surface area contributed by atoms with Gasteiger partial charge in [-0.05, 0) is 43.5 Å². The second-order valence-corrected chi connectivity index (χ2v) is 7.24. The number of hydrogen-bond donors (Lipinski definition) is 0. The van der Waals surface area contributed by atoms with Gasteiger partial charge in [-0.25, -0.2) is 0 Å². The fourth-order valence-electron chi connectivity index (χ4n) is 3.19. The number of para-hydroxylation sites is 1. The van der Waals surface area contributed by atoms with Crippen LogP contribution in [0.3, 0.4) is 0 Å². The molecular formula is C23H26ClN3O3. The highest BCUT2D eigenvalue weighted by Crippen LogP contribution is 2.26. The summed E-state index contributed by atoms with van der Waals surface area (Å²) < 4.78 is 11.4. The second kappa shape index (κ2) is 10.8. The van der Waals surface area contributed by atoms with Gasteiger partial charge in [0.2, 0.25) is 17.7 Å². The van der Waals surface area contributed by atoms with Crippen molar-refractivity contribution in [3.63, 3.8) is 0 Å². The number of rotatable bonds is 10. The number of aromatic nitrogens is 2. The summed E-state index contributed by atoms with van der Waals surface area (Å²) in [6.45, 7) is 5.48. The predicted octanol–water partition coefficient (Wildman–Crippen LogP) is 5.16. The zero-order valence-electron chi connectivity index (χ0n) is 17.3. The molecule has 0 saturated heterocycles. The van der Waals surface area contributed by atoms with Gasteiger partial charge in [-0.15, -0.1) is 10.2 Å². The lowest BCUT2D eigenvalue weighted by Gasteiger charge is -2.20. The molecule has 3 rings (SSSR count). The van der Waals surface area contributed by atoms with E-state index in [-0.39, 0.29) is 12.5 Å². The van der Waals surface area contributed by atoms with Crippen LogP contribution in [0.4, 0.5) is 0 Å². The average Bonchev–Trinajstić information content (AvgIpc) is 3.21. The molecule has 0 aliphatic rings. The standard InChI is InChI=1S/C23H26ClN3O3/c1-3-15-27(22(28)14-13-17-9-5-8-12-20(17)29-4-2)16-21-25-26-23(30-21)18-10-6-7-11-19(18)24/h5-12H,3-4,13-16H2,1-2H3. The summed E-state index contributed by atoms with van der Waals surface area (Å²) in [5.74, 6) is 1.61. The molecule has 0 aliphatic carbocycles. The van der Waals surface area contributed by atoms with Crippen molar-refractivity contribution in [1.82, 2.24) is 15.1 Å². The Morgan fingerprint density at radius 1 is 1.10 bits per heavy atom. The molecule has 0 fully saturated rings. The van der Waals surface area contributed by atoms with Gasteiger partial charge >= 0.3 is 0 Å². The third-order valence-corrected chi connectivity index (χ3v) is 4.95. The van der Waals surface area contributed by atoms with E-state index in [1.54, 1.807) is 11.0 Å². The van der Waals surface area contributed by atoms with Gasteiger partial charge in [0.05, 0.1) is 23.7 Å². The molecule has 0 unspecified atom stereocenters. The molecule has 3 aromatic rings. The maximum atomic E-state index is 12.9. The van der Waals surface area contributed by atoms with Crippen molar-refractivity contribution in [1.29, 1.82) is 0 Å². The van der Waals surface area contributed by atoms with Crippen LogP contribution in [0.1, 0.15) is 38.1 Å². The van der Waals surface area contributed by atoms with Gasteiger partial charge in [0, 0.05) is 13.0 Å². The van der Waals surface area contributed by atoms with Crippen molar-refractivity contribution in [2.45, 2.75) is 39.7 Å². The Morgan fingerprint density at radius 2 is 1.87 bits per heavy atom. The first-order chi connectivity index (χ1) is 14.6. The van der Waals surface area contributed by atoms with Gasteiger partial charge in [-0.1, -0.05) is 48.9 Å². The molecule has 0 atom stereocenters. The molecule has 0 saturated carbocycles. The van der Waals surface area contributed by atoms with Crippen molar-refractivity contribution < 1.29 is 13.9 Å². The molecule has 30 heavy (non-hydrogen) atoms. The van der Waals surface area contributed by atoms with Crippen LogP contribution >= 0.6 is 11.6 Å². The summed E-state index contributed by atoms with van der Waals surface area (Å²) >= 11 is 6.21. The normalized spacial score (nSPS) is 10.8. The SMILES string of the molecule is CCCN(Cc1nnc(-c2ccccc2Cl)o1)C(=O)CCc1ccccc1OCC. The smallest absolute Gasteiger partial charge is 0.249 e. The Bertz CT molecular complexity index is 974. The second-order valence-electron chi connectivity index (χ2n) is 6.84. The fourth-order valence-corrected chi connectivity index (χ4v) is 3.41. The van der Waals surface area contributed by atoms with Crippen LogP contribution < -0.4 is 4.74 Å². The topological polar surface area (TPSA) is 68.5 Å². The Hall–Kier alpha value is -2.86. The van der Waals surface area contributed by atoms with E-state index >= 15 is 0 Å². The maximum Gasteiger partial charge on any atom is 0.249 e. The van der Waals surface area contributed by atoms with E-state index in [0.717, 1.165) is 17.7 Å². The highest BCUT2D eigenvalue weighted by Gasteiger charge is 2.18. The molecule has 1 amide bonds. The van der Waals surface area contributed by atoms with Crippen molar-refractivity contribution in [3.8, 4) is 17.2 Å². The fraction of sp³-hybridized carbons (Fsp3) is 0.348. The number of halogens is 1. The van der Waals surface area contributed by atoms with Crippen molar-refractivity contribution >= 4 is 17.5 Å². The van der Waals surface area contributed by atoms with E-state index in [1.807, 2.05) is 56.3 Å². The van der Waals surface area contributed by atoms with E-state index in [9.17, 15) is 4.79 Å². The van der Waals surface area contributed by atoms with E-state index in [0.29, 0.717) is 48.4 Å². The first-order valence-corrected chi connectivity index (χ1v) is 10.6. The van der Waals surface area contributed by atoms with E-state index in [4.69, 9.17) is 20.8 Å². The third-order valence-electron chi connectivity index (χ3n) is 4.62. The quantitative estimate of drug-likeness (QED) is 0.447. The van der Waals surface area contributed by atoms with Gasteiger partial charge < -0.3 is 14.1 Å². The largest absolute Gasteiger partial charge is 0.494 e. The number of carbonyl (C=O) groups is 1. The van der Waals surface area contributed by atoms with Crippen LogP contribution in [0.15, 0.2) is 52.9 Å². The third kappa shape index (κ3) is 5.60. The number of aryl methyl sites for hydroxylation is 1. The molecular weight excluding hydrogens is 402 g/mol. The van der Waals surface area contributed by atoms with E-state index < -0.39 is 0 Å². The zero-order chi connectivity index (χ0) is 21.3. The highest BCUT2D eigenvalue weighted by atomic mass is 35.5. The number of carbonyl (C=O) groups excluding carboxylic acids is 1. The molecule has 2 aromatic carbocycles. The van der Waals surface area contributed by atoms with E-state index in [1.165, 1.54) is 0 Å². The summed E-state index contributed by atoms with van der Waals surface area (Å²) in [5.41, 5.74) is 1.71. The molecule has 1 aromatic heterocycles. The Morgan fingerprint density at radius 3 is 2.63 bits per heavy atom. The van der Waals surface area contributed by atoms with Gasteiger partial charge in [-0.2, -0.15) is 0 Å². The van der Waals surface area contributed by atoms with Crippen LogP contribution in [0.2, 0.25) is 5.02 Å². The molecule has 0 radical (unpaired) electrons. The summed E-state index contributed by atoms with van der Waals surface area (Å²) in [5, 5.41) is 8.74. The van der Waals surface area contributed by atoms with Gasteiger partial charge in [0.15, 0.2) is 0 Å². The van der Waals surface area contributed by atoms with Gasteiger partial charge in [-0.3, -0.25) is 4.79 Å². The van der Waals surface area contributed by atoms with Crippen LogP contribution in [0.5, 0.6) is 5.75 Å². The highest BCUT2D eigenvalue weighted by molar-refractivity contribution is 6.33. The number of ether oxygens (including phenoxy) is 1. The van der Waals surface area contributed by atoms with Gasteiger partial charge in [0.25, 0.3) is 0 Å². The monoisotopic (exact) mass is 427 g/mol. The number of amides is 1. The van der Waals surface area contributed by atoms with Crippen molar-refractivity contribution in [2.75, 3.05) is 13.2 Å². The lowest BCUT2D eigenvalue weighted by Crippen LogP contribution is -2.31. The summed E-state index contributed by atoms with van der Waals surface area (Å²) in [7, 11) is 0. The van der Waals surface area contributed by atoms with Gasteiger partial charge in [0.1, 0.15) is 5.75 Å². The Kier molecular flexibility index (Phi) is 7.85. The summed E-state index contributed by atoms with van der Waals surface area (Å²) in [4.78, 5) is 14.6. The zero-order valence-corrected chi connectivity index (χ0v) is 18.1. The Labute approximate surface area is 181 Å². The molecule has 0 bridgehead atoms. The first-order valence-electron chi connectivity index (χ1n) is 10.2. The molecule has 1 heterocycles. The Balaban J connectivity index is 1.66. The minimum absolute atomic E-state index is 0.0423. The molecule has 6 nitrogen and oxygen atoms in total. The van der Waals surface area contributed by atoms with Crippen LogP contribution in [-0.2, 0) is 17.8 Å². The van der Waals surface area contributed by atoms with E-state index in [2.05, 4.69) is 10.2 Å². The number of hydrogen-bond acceptors (Lipinski definition) is 5. The number of benzene rings is 2. The maximum absolute atomic E-state index is 12.9. The lowest BCUT2D eigenvalue weighted by molar-refractivity contribution is -0.132. The van der Waals surface area contributed by atoms with Crippen LogP contribution in [0, 0.1) is 0 Å².